The van der Waals surface area contributed by atoms with Crippen molar-refractivity contribution in [1.29, 1.82) is 0 Å². The van der Waals surface area contributed by atoms with Crippen molar-refractivity contribution in [3.05, 3.63) is 12.2 Å². The smallest absolute Gasteiger partial charge is 0.310 e. The van der Waals surface area contributed by atoms with E-state index in [2.05, 4.69) is 5.32 Å². The van der Waals surface area contributed by atoms with Gasteiger partial charge in [0.05, 0.1) is 5.92 Å². The van der Waals surface area contributed by atoms with E-state index < -0.39 is 0 Å². The van der Waals surface area contributed by atoms with Gasteiger partial charge < -0.3 is 10.1 Å². The van der Waals surface area contributed by atoms with E-state index in [1.165, 1.54) is 0 Å². The van der Waals surface area contributed by atoms with Crippen molar-refractivity contribution in [3.63, 3.8) is 0 Å². The van der Waals surface area contributed by atoms with Crippen molar-refractivity contribution in [2.45, 2.75) is 19.8 Å². The Morgan fingerprint density at radius 2 is 2.54 bits per heavy atom. The number of esters is 1. The summed E-state index contributed by atoms with van der Waals surface area (Å²) in [5.74, 6) is 0.00399. The number of piperidine rings is 1. The van der Waals surface area contributed by atoms with Gasteiger partial charge in [-0.1, -0.05) is 12.2 Å². The maximum absolute atomic E-state index is 11.4. The lowest BCUT2D eigenvalue weighted by Crippen LogP contribution is -2.35. The SMILES string of the molecule is C/C=C\COC(=O)C1CCCNC1. The molecule has 0 aromatic carbocycles. The summed E-state index contributed by atoms with van der Waals surface area (Å²) in [4.78, 5) is 11.4. The minimum Gasteiger partial charge on any atom is -0.461 e. The van der Waals surface area contributed by atoms with E-state index in [1.807, 2.05) is 19.1 Å². The van der Waals surface area contributed by atoms with E-state index in [0.29, 0.717) is 6.61 Å². The number of allylic oxidation sites excluding steroid dienone is 1. The first-order valence-electron chi connectivity index (χ1n) is 4.83. The Balaban J connectivity index is 2.21. The predicted molar refractivity (Wildman–Crippen MR) is 51.4 cm³/mol. The van der Waals surface area contributed by atoms with Crippen molar-refractivity contribution in [2.75, 3.05) is 19.7 Å². The molecule has 0 saturated carbocycles. The largest absolute Gasteiger partial charge is 0.461 e. The number of nitrogens with one attached hydrogen (secondary N) is 1. The van der Waals surface area contributed by atoms with Crippen LogP contribution in [0.25, 0.3) is 0 Å². The van der Waals surface area contributed by atoms with Crippen LogP contribution in [-0.2, 0) is 9.53 Å². The summed E-state index contributed by atoms with van der Waals surface area (Å²) in [6, 6.07) is 0. The third-order valence-corrected chi connectivity index (χ3v) is 2.19. The predicted octanol–water partition coefficient (Wildman–Crippen LogP) is 1.11. The minimum atomic E-state index is -0.0645. The van der Waals surface area contributed by atoms with Crippen LogP contribution in [-0.4, -0.2) is 25.7 Å². The maximum atomic E-state index is 11.4. The highest BCUT2D eigenvalue weighted by Gasteiger charge is 2.21. The topological polar surface area (TPSA) is 38.3 Å². The Hall–Kier alpha value is -0.830. The molecule has 0 radical (unpaired) electrons. The van der Waals surface area contributed by atoms with Crippen LogP contribution in [0.2, 0.25) is 0 Å². The van der Waals surface area contributed by atoms with Crippen molar-refractivity contribution < 1.29 is 9.53 Å². The van der Waals surface area contributed by atoms with Crippen LogP contribution in [0.4, 0.5) is 0 Å². The van der Waals surface area contributed by atoms with Gasteiger partial charge in [-0.15, -0.1) is 0 Å². The van der Waals surface area contributed by atoms with Crippen molar-refractivity contribution in [2.24, 2.45) is 5.92 Å². The van der Waals surface area contributed by atoms with E-state index >= 15 is 0 Å². The number of carbonyl (C=O) groups excluding carboxylic acids is 1. The molecule has 1 saturated heterocycles. The van der Waals surface area contributed by atoms with Gasteiger partial charge in [-0.2, -0.15) is 0 Å². The molecule has 1 N–H and O–H groups in total. The number of hydrogen-bond donors (Lipinski definition) is 1. The van der Waals surface area contributed by atoms with Gasteiger partial charge in [-0.05, 0) is 26.3 Å². The van der Waals surface area contributed by atoms with Gasteiger partial charge in [0, 0.05) is 6.54 Å². The molecule has 1 aliphatic heterocycles. The molecule has 0 bridgehead atoms. The summed E-state index contributed by atoms with van der Waals surface area (Å²) in [7, 11) is 0. The van der Waals surface area contributed by atoms with Crippen LogP contribution >= 0.6 is 0 Å². The fourth-order valence-electron chi connectivity index (χ4n) is 1.40. The van der Waals surface area contributed by atoms with E-state index in [4.69, 9.17) is 4.74 Å². The van der Waals surface area contributed by atoms with Crippen molar-refractivity contribution >= 4 is 5.97 Å². The Morgan fingerprint density at radius 1 is 1.69 bits per heavy atom. The number of ether oxygens (including phenoxy) is 1. The first kappa shape index (κ1) is 10.3. The highest BCUT2D eigenvalue weighted by Crippen LogP contribution is 2.11. The summed E-state index contributed by atoms with van der Waals surface area (Å²) >= 11 is 0. The molecule has 0 amide bonds. The molecular formula is C10H17NO2. The molecule has 74 valence electrons. The molecule has 0 aromatic rings. The minimum absolute atomic E-state index is 0.0645. The van der Waals surface area contributed by atoms with Crippen LogP contribution in [0, 0.1) is 5.92 Å². The standard InChI is InChI=1S/C10H17NO2/c1-2-3-7-13-10(12)9-5-4-6-11-8-9/h2-3,9,11H,4-8H2,1H3/b3-2-. The third-order valence-electron chi connectivity index (χ3n) is 2.19. The monoisotopic (exact) mass is 183 g/mol. The summed E-state index contributed by atoms with van der Waals surface area (Å²) in [5, 5.41) is 3.19. The quantitative estimate of drug-likeness (QED) is 0.526. The van der Waals surface area contributed by atoms with Crippen LogP contribution in [0.1, 0.15) is 19.8 Å². The van der Waals surface area contributed by atoms with E-state index in [1.54, 1.807) is 0 Å². The summed E-state index contributed by atoms with van der Waals surface area (Å²) in [5.41, 5.74) is 0. The molecule has 3 nitrogen and oxygen atoms in total. The number of hydrogen-bond acceptors (Lipinski definition) is 3. The number of carbonyl (C=O) groups is 1. The average molecular weight is 183 g/mol. The van der Waals surface area contributed by atoms with Crippen LogP contribution in [0.5, 0.6) is 0 Å². The highest BCUT2D eigenvalue weighted by molar-refractivity contribution is 5.72. The number of rotatable bonds is 3. The fraction of sp³-hybridized carbons (Fsp3) is 0.700. The molecule has 13 heavy (non-hydrogen) atoms. The van der Waals surface area contributed by atoms with Crippen LogP contribution in [0.3, 0.4) is 0 Å². The van der Waals surface area contributed by atoms with Crippen LogP contribution < -0.4 is 5.32 Å². The molecule has 0 aromatic heterocycles. The molecular weight excluding hydrogens is 166 g/mol. The Bertz CT molecular complexity index is 183. The Kier molecular flexibility index (Phi) is 4.54. The van der Waals surface area contributed by atoms with Gasteiger partial charge in [0.1, 0.15) is 6.61 Å². The Morgan fingerprint density at radius 3 is 3.15 bits per heavy atom. The van der Waals surface area contributed by atoms with E-state index in [0.717, 1.165) is 25.9 Å². The average Bonchev–Trinajstić information content (AvgIpc) is 2.19. The second-order valence-corrected chi connectivity index (χ2v) is 3.24. The normalized spacial score (nSPS) is 23.3. The van der Waals surface area contributed by atoms with Gasteiger partial charge in [0.15, 0.2) is 0 Å². The zero-order chi connectivity index (χ0) is 9.52. The van der Waals surface area contributed by atoms with Gasteiger partial charge >= 0.3 is 5.97 Å². The zero-order valence-electron chi connectivity index (χ0n) is 8.08. The molecule has 0 aliphatic carbocycles. The highest BCUT2D eigenvalue weighted by atomic mass is 16.5. The molecule has 1 heterocycles. The van der Waals surface area contributed by atoms with Crippen molar-refractivity contribution in [1.82, 2.24) is 5.32 Å². The lowest BCUT2D eigenvalue weighted by Gasteiger charge is -2.20. The molecule has 1 unspecified atom stereocenters. The zero-order valence-corrected chi connectivity index (χ0v) is 8.08. The summed E-state index contributed by atoms with van der Waals surface area (Å²) in [6.45, 7) is 4.12. The van der Waals surface area contributed by atoms with Gasteiger partial charge in [0.2, 0.25) is 0 Å². The lowest BCUT2D eigenvalue weighted by atomic mass is 10.0. The first-order chi connectivity index (χ1) is 6.34. The summed E-state index contributed by atoms with van der Waals surface area (Å²) in [6.07, 6.45) is 5.76. The van der Waals surface area contributed by atoms with E-state index in [-0.39, 0.29) is 11.9 Å². The van der Waals surface area contributed by atoms with Gasteiger partial charge in [-0.3, -0.25) is 4.79 Å². The molecule has 1 fully saturated rings. The van der Waals surface area contributed by atoms with Crippen LogP contribution in [0.15, 0.2) is 12.2 Å². The van der Waals surface area contributed by atoms with E-state index in [9.17, 15) is 4.79 Å². The second-order valence-electron chi connectivity index (χ2n) is 3.24. The molecule has 1 rings (SSSR count). The molecule has 3 heteroatoms. The Labute approximate surface area is 79.2 Å². The van der Waals surface area contributed by atoms with Gasteiger partial charge in [-0.25, -0.2) is 0 Å². The molecule has 1 atom stereocenters. The first-order valence-corrected chi connectivity index (χ1v) is 4.83. The fourth-order valence-corrected chi connectivity index (χ4v) is 1.40. The molecule has 0 spiro atoms. The van der Waals surface area contributed by atoms with Gasteiger partial charge in [0.25, 0.3) is 0 Å². The second kappa shape index (κ2) is 5.75. The third kappa shape index (κ3) is 3.59. The lowest BCUT2D eigenvalue weighted by molar-refractivity contribution is -0.147. The van der Waals surface area contributed by atoms with Crippen molar-refractivity contribution in [3.8, 4) is 0 Å². The maximum Gasteiger partial charge on any atom is 0.310 e. The summed E-state index contributed by atoms with van der Waals surface area (Å²) < 4.78 is 5.06. The molecule has 1 aliphatic rings.